The van der Waals surface area contributed by atoms with Gasteiger partial charge in [-0.05, 0) is 23.8 Å². The van der Waals surface area contributed by atoms with Crippen molar-refractivity contribution in [1.82, 2.24) is 4.98 Å². The zero-order chi connectivity index (χ0) is 13.8. The van der Waals surface area contributed by atoms with Crippen LogP contribution in [0.5, 0.6) is 0 Å². The van der Waals surface area contributed by atoms with Crippen LogP contribution < -0.4 is 0 Å². The number of rotatable bonds is 4. The van der Waals surface area contributed by atoms with Crippen LogP contribution in [0.4, 0.5) is 5.69 Å². The van der Waals surface area contributed by atoms with Crippen LogP contribution in [0.3, 0.4) is 0 Å². The Hall–Kier alpha value is -2.27. The first-order chi connectivity index (χ1) is 9.08. The minimum absolute atomic E-state index is 0.00616. The summed E-state index contributed by atoms with van der Waals surface area (Å²) in [6, 6.07) is 7.34. The van der Waals surface area contributed by atoms with Gasteiger partial charge < -0.3 is 0 Å². The van der Waals surface area contributed by atoms with Gasteiger partial charge in [0.15, 0.2) is 5.78 Å². The number of ketones is 1. The monoisotopic (exact) mass is 276 g/mol. The van der Waals surface area contributed by atoms with E-state index in [9.17, 15) is 14.9 Å². The Kier molecular flexibility index (Phi) is 3.87. The summed E-state index contributed by atoms with van der Waals surface area (Å²) in [6.45, 7) is 0. The zero-order valence-corrected chi connectivity index (χ0v) is 10.5. The molecule has 0 unspecified atom stereocenters. The smallest absolute Gasteiger partial charge is 0.269 e. The van der Waals surface area contributed by atoms with Crippen molar-refractivity contribution in [2.24, 2.45) is 0 Å². The fourth-order valence-corrected chi connectivity index (χ4v) is 1.80. The largest absolute Gasteiger partial charge is 0.294 e. The number of carbonyl (C=O) groups excluding carboxylic acids is 1. The van der Waals surface area contributed by atoms with E-state index in [0.29, 0.717) is 16.1 Å². The van der Waals surface area contributed by atoms with Crippen molar-refractivity contribution in [3.8, 4) is 0 Å². The first kappa shape index (κ1) is 13.2. The highest BCUT2D eigenvalue weighted by atomic mass is 35.5. The summed E-state index contributed by atoms with van der Waals surface area (Å²) in [5.74, 6) is -0.185. The topological polar surface area (TPSA) is 73.1 Å². The Bertz CT molecular complexity index is 629. The molecular formula is C13H9ClN2O3. The molecule has 0 bridgehead atoms. The number of benzene rings is 1. The molecule has 0 saturated carbocycles. The third-order valence-corrected chi connectivity index (χ3v) is 2.94. The molecule has 0 fully saturated rings. The van der Waals surface area contributed by atoms with Gasteiger partial charge in [0.25, 0.3) is 5.69 Å². The van der Waals surface area contributed by atoms with Crippen molar-refractivity contribution in [2.45, 2.75) is 6.42 Å². The van der Waals surface area contributed by atoms with Crippen LogP contribution in [0.1, 0.15) is 15.9 Å². The number of carbonyl (C=O) groups is 1. The number of Topliss-reactive ketones (excluding diaryl/α,β-unsaturated/α-hetero) is 1. The second kappa shape index (κ2) is 5.58. The summed E-state index contributed by atoms with van der Waals surface area (Å²) in [5.41, 5.74) is 0.799. The van der Waals surface area contributed by atoms with Gasteiger partial charge in [-0.3, -0.25) is 19.9 Å². The summed E-state index contributed by atoms with van der Waals surface area (Å²) in [6.07, 6.45) is 3.02. The molecule has 0 aliphatic carbocycles. The van der Waals surface area contributed by atoms with Crippen LogP contribution >= 0.6 is 11.6 Å². The van der Waals surface area contributed by atoms with Gasteiger partial charge in [-0.25, -0.2) is 0 Å². The van der Waals surface area contributed by atoms with Gasteiger partial charge >= 0.3 is 0 Å². The Labute approximate surface area is 114 Å². The Balaban J connectivity index is 2.26. The molecule has 0 aliphatic heterocycles. The van der Waals surface area contributed by atoms with Crippen LogP contribution in [0, 0.1) is 10.1 Å². The fourth-order valence-electron chi connectivity index (χ4n) is 1.61. The standard InChI is InChI=1S/C13H9ClN2O3/c14-12-4-3-11(16(18)19)6-10(12)7-13(17)9-2-1-5-15-8-9/h1-6,8H,7H2. The van der Waals surface area contributed by atoms with Crippen LogP contribution in [0.2, 0.25) is 5.02 Å². The number of hydrogen-bond donors (Lipinski definition) is 0. The van der Waals surface area contributed by atoms with E-state index in [2.05, 4.69) is 4.98 Å². The average Bonchev–Trinajstić information content (AvgIpc) is 2.42. The zero-order valence-electron chi connectivity index (χ0n) is 9.75. The van der Waals surface area contributed by atoms with E-state index in [0.717, 1.165) is 0 Å². The van der Waals surface area contributed by atoms with Gasteiger partial charge in [-0.15, -0.1) is 0 Å². The van der Waals surface area contributed by atoms with Crippen molar-refractivity contribution in [1.29, 1.82) is 0 Å². The van der Waals surface area contributed by atoms with Crippen LogP contribution in [-0.4, -0.2) is 15.7 Å². The Morgan fingerprint density at radius 1 is 1.37 bits per heavy atom. The van der Waals surface area contributed by atoms with Crippen molar-refractivity contribution in [2.75, 3.05) is 0 Å². The molecule has 0 spiro atoms. The predicted octanol–water partition coefficient (Wildman–Crippen LogP) is 3.07. The second-order valence-electron chi connectivity index (χ2n) is 3.87. The average molecular weight is 277 g/mol. The Morgan fingerprint density at radius 2 is 2.16 bits per heavy atom. The number of pyridine rings is 1. The van der Waals surface area contributed by atoms with Gasteiger partial charge in [0, 0.05) is 41.5 Å². The van der Waals surface area contributed by atoms with E-state index < -0.39 is 4.92 Å². The Morgan fingerprint density at radius 3 is 2.79 bits per heavy atom. The number of nitro groups is 1. The molecule has 1 heterocycles. The van der Waals surface area contributed by atoms with E-state index in [1.165, 1.54) is 24.4 Å². The maximum absolute atomic E-state index is 12.0. The first-order valence-electron chi connectivity index (χ1n) is 5.44. The van der Waals surface area contributed by atoms with Gasteiger partial charge in [0.05, 0.1) is 4.92 Å². The number of halogens is 1. The van der Waals surface area contributed by atoms with E-state index in [1.807, 2.05) is 0 Å². The number of hydrogen-bond acceptors (Lipinski definition) is 4. The van der Waals surface area contributed by atoms with Crippen molar-refractivity contribution < 1.29 is 9.72 Å². The summed E-state index contributed by atoms with van der Waals surface area (Å²) < 4.78 is 0. The van der Waals surface area contributed by atoms with E-state index >= 15 is 0 Å². The number of non-ortho nitro benzene ring substituents is 1. The molecule has 0 N–H and O–H groups in total. The highest BCUT2D eigenvalue weighted by molar-refractivity contribution is 6.31. The fraction of sp³-hybridized carbons (Fsp3) is 0.0769. The van der Waals surface area contributed by atoms with Gasteiger partial charge in [0.1, 0.15) is 0 Å². The van der Waals surface area contributed by atoms with Crippen molar-refractivity contribution >= 4 is 23.1 Å². The molecule has 19 heavy (non-hydrogen) atoms. The normalized spacial score (nSPS) is 10.2. The van der Waals surface area contributed by atoms with Gasteiger partial charge in [0.2, 0.25) is 0 Å². The molecule has 2 rings (SSSR count). The molecule has 0 aliphatic rings. The summed E-state index contributed by atoms with van der Waals surface area (Å²) in [4.78, 5) is 26.0. The lowest BCUT2D eigenvalue weighted by Gasteiger charge is -2.03. The molecule has 96 valence electrons. The van der Waals surface area contributed by atoms with Crippen LogP contribution in [0.15, 0.2) is 42.7 Å². The lowest BCUT2D eigenvalue weighted by atomic mass is 10.0. The molecule has 0 amide bonds. The second-order valence-corrected chi connectivity index (χ2v) is 4.28. The SMILES string of the molecule is O=C(Cc1cc([N+](=O)[O-])ccc1Cl)c1cccnc1. The maximum atomic E-state index is 12.0. The number of aromatic nitrogens is 1. The van der Waals surface area contributed by atoms with Gasteiger partial charge in [-0.2, -0.15) is 0 Å². The molecule has 1 aromatic carbocycles. The molecule has 0 atom stereocenters. The number of nitro benzene ring substituents is 1. The lowest BCUT2D eigenvalue weighted by molar-refractivity contribution is -0.384. The van der Waals surface area contributed by atoms with Crippen LogP contribution in [0.25, 0.3) is 0 Å². The number of nitrogens with zero attached hydrogens (tertiary/aromatic N) is 2. The molecule has 2 aromatic rings. The van der Waals surface area contributed by atoms with Crippen molar-refractivity contribution in [3.63, 3.8) is 0 Å². The molecular weight excluding hydrogens is 268 g/mol. The predicted molar refractivity (Wildman–Crippen MR) is 70.4 cm³/mol. The molecule has 1 aromatic heterocycles. The maximum Gasteiger partial charge on any atom is 0.269 e. The summed E-state index contributed by atoms with van der Waals surface area (Å²) in [7, 11) is 0. The van der Waals surface area contributed by atoms with E-state index in [1.54, 1.807) is 18.3 Å². The van der Waals surface area contributed by atoms with E-state index in [4.69, 9.17) is 11.6 Å². The van der Waals surface area contributed by atoms with Gasteiger partial charge in [-0.1, -0.05) is 11.6 Å². The molecule has 0 saturated heterocycles. The van der Waals surface area contributed by atoms with Crippen molar-refractivity contribution in [3.05, 3.63) is 69.0 Å². The third-order valence-electron chi connectivity index (χ3n) is 2.57. The minimum atomic E-state index is -0.519. The van der Waals surface area contributed by atoms with E-state index in [-0.39, 0.29) is 17.9 Å². The van der Waals surface area contributed by atoms with Crippen LogP contribution in [-0.2, 0) is 6.42 Å². The third kappa shape index (κ3) is 3.14. The lowest BCUT2D eigenvalue weighted by Crippen LogP contribution is -2.04. The molecule has 0 radical (unpaired) electrons. The molecule has 6 heteroatoms. The minimum Gasteiger partial charge on any atom is -0.294 e. The first-order valence-corrected chi connectivity index (χ1v) is 5.82. The quantitative estimate of drug-likeness (QED) is 0.489. The summed E-state index contributed by atoms with van der Waals surface area (Å²) >= 11 is 5.94. The highest BCUT2D eigenvalue weighted by Gasteiger charge is 2.14. The molecule has 5 nitrogen and oxygen atoms in total. The highest BCUT2D eigenvalue weighted by Crippen LogP contribution is 2.23. The summed E-state index contributed by atoms with van der Waals surface area (Å²) in [5, 5.41) is 11.0.